The molecule has 2 aromatic rings. The number of benzene rings is 2. The number of nitrogens with zero attached hydrogens (tertiary/aromatic N) is 2. The van der Waals surface area contributed by atoms with Gasteiger partial charge in [0, 0.05) is 50.3 Å². The van der Waals surface area contributed by atoms with Crippen LogP contribution >= 0.6 is 0 Å². The van der Waals surface area contributed by atoms with Crippen molar-refractivity contribution in [2.45, 2.75) is 65.7 Å². The van der Waals surface area contributed by atoms with E-state index in [0.29, 0.717) is 36.6 Å². The van der Waals surface area contributed by atoms with E-state index < -0.39 is 6.04 Å². The van der Waals surface area contributed by atoms with Crippen LogP contribution in [0.3, 0.4) is 0 Å². The van der Waals surface area contributed by atoms with Crippen molar-refractivity contribution in [3.63, 3.8) is 0 Å². The van der Waals surface area contributed by atoms with Gasteiger partial charge in [0.2, 0.25) is 0 Å². The lowest BCUT2D eigenvalue weighted by molar-refractivity contribution is -0.121. The summed E-state index contributed by atoms with van der Waals surface area (Å²) >= 11 is 0. The summed E-state index contributed by atoms with van der Waals surface area (Å²) in [6.07, 6.45) is 2.35. The van der Waals surface area contributed by atoms with Gasteiger partial charge in [-0.15, -0.1) is 0 Å². The van der Waals surface area contributed by atoms with Crippen LogP contribution < -0.4 is 5.32 Å². The fraction of sp³-hybridized carbons (Fsp3) is 0.448. The number of amides is 2. The Bertz CT molecular complexity index is 1170. The lowest BCUT2D eigenvalue weighted by Crippen LogP contribution is -2.40. The Kier molecular flexibility index (Phi) is 7.99. The summed E-state index contributed by atoms with van der Waals surface area (Å²) < 4.78 is 0. The van der Waals surface area contributed by atoms with Gasteiger partial charge in [-0.2, -0.15) is 0 Å². The first-order valence-electron chi connectivity index (χ1n) is 12.8. The van der Waals surface area contributed by atoms with E-state index in [1.165, 1.54) is 18.1 Å². The van der Waals surface area contributed by atoms with E-state index >= 15 is 0 Å². The van der Waals surface area contributed by atoms with E-state index in [1.807, 2.05) is 24.3 Å². The Morgan fingerprint density at radius 1 is 1.06 bits per heavy atom. The van der Waals surface area contributed by atoms with Gasteiger partial charge < -0.3 is 15.0 Å². The van der Waals surface area contributed by atoms with Crippen LogP contribution in [0.4, 0.5) is 0 Å². The summed E-state index contributed by atoms with van der Waals surface area (Å²) in [5, 5.41) is 3.00. The van der Waals surface area contributed by atoms with Gasteiger partial charge in [-0.05, 0) is 66.1 Å². The van der Waals surface area contributed by atoms with Crippen molar-refractivity contribution in [3.8, 4) is 0 Å². The van der Waals surface area contributed by atoms with Crippen molar-refractivity contribution in [2.75, 3.05) is 13.1 Å². The third-order valence-corrected chi connectivity index (χ3v) is 7.04. The van der Waals surface area contributed by atoms with Crippen molar-refractivity contribution in [3.05, 3.63) is 69.8 Å². The zero-order valence-electron chi connectivity index (χ0n) is 21.4. The predicted octanol–water partition coefficient (Wildman–Crippen LogP) is 3.52. The number of fused-ring (bicyclic) bond motifs is 2. The first kappa shape index (κ1) is 25.8. The van der Waals surface area contributed by atoms with Crippen molar-refractivity contribution < 1.29 is 19.2 Å². The molecule has 4 rings (SSSR count). The molecule has 7 nitrogen and oxygen atoms in total. The molecule has 0 bridgehead atoms. The number of hydrogen-bond donors (Lipinski definition) is 1. The molecule has 0 saturated carbocycles. The molecular formula is C29H35N3O4. The Hall–Kier alpha value is -3.32. The van der Waals surface area contributed by atoms with Gasteiger partial charge >= 0.3 is 0 Å². The Morgan fingerprint density at radius 3 is 2.58 bits per heavy atom. The van der Waals surface area contributed by atoms with Crippen LogP contribution in [-0.2, 0) is 35.6 Å². The van der Waals surface area contributed by atoms with Crippen LogP contribution in [0.5, 0.6) is 0 Å². The molecule has 0 spiro atoms. The molecule has 36 heavy (non-hydrogen) atoms. The maximum Gasteiger partial charge on any atom is 0.255 e. The first-order valence-corrected chi connectivity index (χ1v) is 12.8. The minimum atomic E-state index is -0.598. The van der Waals surface area contributed by atoms with Gasteiger partial charge in [0.1, 0.15) is 6.29 Å². The van der Waals surface area contributed by atoms with Crippen molar-refractivity contribution >= 4 is 23.9 Å². The normalized spacial score (nSPS) is 16.0. The van der Waals surface area contributed by atoms with Crippen molar-refractivity contribution in [1.82, 2.24) is 15.1 Å². The highest BCUT2D eigenvalue weighted by Gasteiger charge is 2.34. The van der Waals surface area contributed by atoms with Gasteiger partial charge in [0.05, 0.1) is 6.04 Å². The van der Waals surface area contributed by atoms with E-state index in [4.69, 9.17) is 0 Å². The monoisotopic (exact) mass is 489 g/mol. The van der Waals surface area contributed by atoms with Crippen LogP contribution in [0.25, 0.3) is 0 Å². The summed E-state index contributed by atoms with van der Waals surface area (Å²) in [5.74, 6) is 0.176. The van der Waals surface area contributed by atoms with Crippen LogP contribution in [0.1, 0.15) is 76.6 Å². The summed E-state index contributed by atoms with van der Waals surface area (Å²) in [6.45, 7) is 9.56. The van der Waals surface area contributed by atoms with Crippen LogP contribution in [0, 0.1) is 5.92 Å². The molecule has 2 aliphatic rings. The molecule has 1 N–H and O–H groups in total. The second-order valence-corrected chi connectivity index (χ2v) is 10.3. The number of rotatable bonds is 10. The third-order valence-electron chi connectivity index (χ3n) is 7.04. The van der Waals surface area contributed by atoms with E-state index in [0.717, 1.165) is 43.5 Å². The summed E-state index contributed by atoms with van der Waals surface area (Å²) in [6, 6.07) is 10.9. The highest BCUT2D eigenvalue weighted by Crippen LogP contribution is 2.27. The maximum atomic E-state index is 12.9. The van der Waals surface area contributed by atoms with Gasteiger partial charge in [0.15, 0.2) is 5.78 Å². The number of carbonyl (C=O) groups excluding carboxylic acids is 4. The largest absolute Gasteiger partial charge is 0.348 e. The van der Waals surface area contributed by atoms with E-state index in [2.05, 4.69) is 30.1 Å². The summed E-state index contributed by atoms with van der Waals surface area (Å²) in [4.78, 5) is 52.7. The highest BCUT2D eigenvalue weighted by atomic mass is 16.2. The van der Waals surface area contributed by atoms with E-state index in [1.54, 1.807) is 11.0 Å². The summed E-state index contributed by atoms with van der Waals surface area (Å²) in [5.41, 5.74) is 5.50. The molecule has 190 valence electrons. The number of hydrogen-bond acceptors (Lipinski definition) is 5. The number of carbonyl (C=O) groups is 4. The Morgan fingerprint density at radius 2 is 1.86 bits per heavy atom. The van der Waals surface area contributed by atoms with Gasteiger partial charge in [0.25, 0.3) is 11.8 Å². The average molecular weight is 490 g/mol. The average Bonchev–Trinajstić information content (AvgIpc) is 3.17. The lowest BCUT2D eigenvalue weighted by Gasteiger charge is -2.30. The molecule has 0 saturated heterocycles. The molecule has 2 aromatic carbocycles. The molecule has 2 amide bonds. The minimum absolute atomic E-state index is 0.122. The fourth-order valence-electron chi connectivity index (χ4n) is 5.28. The van der Waals surface area contributed by atoms with Crippen LogP contribution in [0.2, 0.25) is 0 Å². The lowest BCUT2D eigenvalue weighted by atomic mass is 9.96. The molecule has 1 unspecified atom stereocenters. The fourth-order valence-corrected chi connectivity index (χ4v) is 5.28. The molecule has 1 atom stereocenters. The highest BCUT2D eigenvalue weighted by molar-refractivity contribution is 6.01. The molecule has 0 fully saturated rings. The smallest absolute Gasteiger partial charge is 0.255 e. The number of aldehydes is 1. The molecule has 7 heteroatoms. The zero-order chi connectivity index (χ0) is 25.8. The second kappa shape index (κ2) is 11.2. The van der Waals surface area contributed by atoms with E-state index in [9.17, 15) is 19.2 Å². The second-order valence-electron chi connectivity index (χ2n) is 10.3. The standard InChI is InChI=1S/C29H35N3O4/c1-19(2)16-31-11-10-22-7-8-23(14-24(22)17-31)28(35)30-15-21-6-9-26-25(13-21)18-32(29(26)36)27(20(3)34)5-4-12-33/h6-9,12-14,19,27H,4-5,10-11,15-18H2,1-3H3,(H,30,35). The first-order chi connectivity index (χ1) is 17.3. The van der Waals surface area contributed by atoms with Gasteiger partial charge in [-0.1, -0.05) is 32.0 Å². The topological polar surface area (TPSA) is 86.8 Å². The third kappa shape index (κ3) is 5.73. The molecule has 0 aliphatic carbocycles. The number of ketones is 1. The number of Topliss-reactive ketones (excluding diaryl/α,β-unsaturated/α-hetero) is 1. The molecule has 0 aromatic heterocycles. The molecule has 2 heterocycles. The van der Waals surface area contributed by atoms with E-state index in [-0.39, 0.29) is 24.0 Å². The molecular weight excluding hydrogens is 454 g/mol. The van der Waals surface area contributed by atoms with Crippen LogP contribution in [0.15, 0.2) is 36.4 Å². The SMILES string of the molecule is CC(=O)C(CCC=O)N1Cc2cc(CNC(=O)c3ccc4c(c3)CN(CC(C)C)CC4)ccc2C1=O. The van der Waals surface area contributed by atoms with Crippen molar-refractivity contribution in [2.24, 2.45) is 5.92 Å². The maximum absolute atomic E-state index is 12.9. The van der Waals surface area contributed by atoms with Crippen molar-refractivity contribution in [1.29, 1.82) is 0 Å². The molecule has 0 radical (unpaired) electrons. The Labute approximate surface area is 212 Å². The summed E-state index contributed by atoms with van der Waals surface area (Å²) in [7, 11) is 0. The van der Waals surface area contributed by atoms with Crippen LogP contribution in [-0.4, -0.2) is 52.8 Å². The Balaban J connectivity index is 1.40. The zero-order valence-corrected chi connectivity index (χ0v) is 21.4. The molecule has 2 aliphatic heterocycles. The number of nitrogens with one attached hydrogen (secondary N) is 1. The quantitative estimate of drug-likeness (QED) is 0.516. The van der Waals surface area contributed by atoms with Gasteiger partial charge in [-0.3, -0.25) is 19.3 Å². The predicted molar refractivity (Wildman–Crippen MR) is 138 cm³/mol. The van der Waals surface area contributed by atoms with Gasteiger partial charge in [-0.25, -0.2) is 0 Å². The minimum Gasteiger partial charge on any atom is -0.348 e.